The standard InChI is InChI=1S/C16H18N2O5/c1-11(20)13-4-5-15(16(8-13)18(21)22)17-9-12(10-19)7-14-3-2-6-23-14/h2-6,8,12,17,19H,7,9-10H2,1H3. The van der Waals surface area contributed by atoms with Crippen LogP contribution in [0.25, 0.3) is 0 Å². The predicted octanol–water partition coefficient (Wildman–Crippen LogP) is 2.65. The SMILES string of the molecule is CC(=O)c1ccc(NCC(CO)Cc2ccco2)c([N+](=O)[O-])c1. The average Bonchev–Trinajstić information content (AvgIpc) is 3.03. The molecule has 1 atom stereocenters. The molecule has 0 saturated heterocycles. The number of carbonyl (C=O) groups is 1. The van der Waals surface area contributed by atoms with Gasteiger partial charge in [0.15, 0.2) is 5.78 Å². The van der Waals surface area contributed by atoms with Gasteiger partial charge < -0.3 is 14.8 Å². The molecule has 1 aromatic carbocycles. The zero-order valence-electron chi connectivity index (χ0n) is 12.7. The Kier molecular flexibility index (Phi) is 5.48. The number of furan rings is 1. The quantitative estimate of drug-likeness (QED) is 0.440. The summed E-state index contributed by atoms with van der Waals surface area (Å²) in [5, 5.41) is 23.6. The maximum atomic E-state index is 11.3. The Bertz CT molecular complexity index is 682. The van der Waals surface area contributed by atoms with Crippen LogP contribution in [0.15, 0.2) is 41.0 Å². The van der Waals surface area contributed by atoms with Crippen LogP contribution in [0.3, 0.4) is 0 Å². The zero-order valence-corrected chi connectivity index (χ0v) is 12.7. The van der Waals surface area contributed by atoms with E-state index in [0.29, 0.717) is 18.7 Å². The van der Waals surface area contributed by atoms with Crippen molar-refractivity contribution in [2.24, 2.45) is 5.92 Å². The minimum absolute atomic E-state index is 0.0764. The number of aliphatic hydroxyl groups is 1. The van der Waals surface area contributed by atoms with E-state index >= 15 is 0 Å². The first-order chi connectivity index (χ1) is 11.0. The number of hydrogen-bond acceptors (Lipinski definition) is 6. The fourth-order valence-electron chi connectivity index (χ4n) is 2.22. The van der Waals surface area contributed by atoms with Crippen LogP contribution in [-0.4, -0.2) is 29.0 Å². The molecule has 0 aliphatic rings. The fraction of sp³-hybridized carbons (Fsp3) is 0.312. The molecule has 1 aromatic heterocycles. The second-order valence-corrected chi connectivity index (χ2v) is 5.26. The summed E-state index contributed by atoms with van der Waals surface area (Å²) in [4.78, 5) is 22.0. The third-order valence-corrected chi connectivity index (χ3v) is 3.51. The molecule has 23 heavy (non-hydrogen) atoms. The highest BCUT2D eigenvalue weighted by Crippen LogP contribution is 2.26. The predicted molar refractivity (Wildman–Crippen MR) is 84.6 cm³/mol. The molecule has 7 heteroatoms. The minimum atomic E-state index is -0.532. The van der Waals surface area contributed by atoms with Crippen molar-refractivity contribution < 1.29 is 19.2 Å². The number of Topliss-reactive ketones (excluding diaryl/α,β-unsaturated/α-hetero) is 1. The van der Waals surface area contributed by atoms with Gasteiger partial charge >= 0.3 is 0 Å². The van der Waals surface area contributed by atoms with Gasteiger partial charge in [0.1, 0.15) is 11.4 Å². The van der Waals surface area contributed by atoms with E-state index in [9.17, 15) is 20.0 Å². The van der Waals surface area contributed by atoms with Crippen LogP contribution in [0, 0.1) is 16.0 Å². The molecule has 122 valence electrons. The topological polar surface area (TPSA) is 106 Å². The molecule has 2 rings (SSSR count). The molecule has 7 nitrogen and oxygen atoms in total. The van der Waals surface area contributed by atoms with Gasteiger partial charge in [0.25, 0.3) is 5.69 Å². The van der Waals surface area contributed by atoms with Crippen molar-refractivity contribution in [2.75, 3.05) is 18.5 Å². The zero-order chi connectivity index (χ0) is 16.8. The number of benzene rings is 1. The van der Waals surface area contributed by atoms with Gasteiger partial charge in [0, 0.05) is 37.1 Å². The number of hydrogen-bond donors (Lipinski definition) is 2. The summed E-state index contributed by atoms with van der Waals surface area (Å²) < 4.78 is 5.24. The lowest BCUT2D eigenvalue weighted by Gasteiger charge is -2.15. The van der Waals surface area contributed by atoms with E-state index in [-0.39, 0.29) is 29.6 Å². The molecular weight excluding hydrogens is 300 g/mol. The van der Waals surface area contributed by atoms with Crippen LogP contribution in [0.2, 0.25) is 0 Å². The molecule has 1 heterocycles. The van der Waals surface area contributed by atoms with Crippen molar-refractivity contribution in [3.8, 4) is 0 Å². The number of nitro benzene ring substituents is 1. The van der Waals surface area contributed by atoms with E-state index in [1.165, 1.54) is 25.1 Å². The maximum absolute atomic E-state index is 11.3. The number of nitrogens with zero attached hydrogens (tertiary/aromatic N) is 1. The Morgan fingerprint density at radius 1 is 1.43 bits per heavy atom. The Labute approximate surface area is 133 Å². The number of anilines is 1. The van der Waals surface area contributed by atoms with Crippen LogP contribution < -0.4 is 5.32 Å². The molecule has 0 amide bonds. The van der Waals surface area contributed by atoms with Gasteiger partial charge in [0.2, 0.25) is 0 Å². The minimum Gasteiger partial charge on any atom is -0.469 e. The van der Waals surface area contributed by atoms with Crippen LogP contribution in [-0.2, 0) is 6.42 Å². The molecule has 2 aromatic rings. The Morgan fingerprint density at radius 3 is 2.78 bits per heavy atom. The van der Waals surface area contributed by atoms with E-state index in [1.54, 1.807) is 12.3 Å². The van der Waals surface area contributed by atoms with Crippen molar-refractivity contribution in [3.05, 3.63) is 58.0 Å². The number of carbonyl (C=O) groups excluding carboxylic acids is 1. The number of nitrogens with one attached hydrogen (secondary N) is 1. The lowest BCUT2D eigenvalue weighted by molar-refractivity contribution is -0.384. The number of ketones is 1. The van der Waals surface area contributed by atoms with Crippen LogP contribution >= 0.6 is 0 Å². The molecule has 1 unspecified atom stereocenters. The van der Waals surface area contributed by atoms with Crippen molar-refractivity contribution in [3.63, 3.8) is 0 Å². The van der Waals surface area contributed by atoms with Crippen LogP contribution in [0.5, 0.6) is 0 Å². The lowest BCUT2D eigenvalue weighted by Crippen LogP contribution is -2.20. The first-order valence-electron chi connectivity index (χ1n) is 7.17. The van der Waals surface area contributed by atoms with Crippen molar-refractivity contribution in [1.29, 1.82) is 0 Å². The fourth-order valence-corrected chi connectivity index (χ4v) is 2.22. The number of aliphatic hydroxyl groups excluding tert-OH is 1. The second kappa shape index (κ2) is 7.55. The molecule has 0 saturated carbocycles. The van der Waals surface area contributed by atoms with E-state index in [4.69, 9.17) is 4.42 Å². The van der Waals surface area contributed by atoms with E-state index in [1.807, 2.05) is 6.07 Å². The molecule has 0 aliphatic carbocycles. The van der Waals surface area contributed by atoms with E-state index in [2.05, 4.69) is 5.32 Å². The molecule has 0 bridgehead atoms. The summed E-state index contributed by atoms with van der Waals surface area (Å²) in [5.74, 6) is 0.367. The highest BCUT2D eigenvalue weighted by Gasteiger charge is 2.18. The Balaban J connectivity index is 2.09. The molecule has 2 N–H and O–H groups in total. The molecule has 0 aliphatic heterocycles. The summed E-state index contributed by atoms with van der Waals surface area (Å²) in [6, 6.07) is 7.88. The van der Waals surface area contributed by atoms with Crippen molar-refractivity contribution in [2.45, 2.75) is 13.3 Å². The average molecular weight is 318 g/mol. The summed E-state index contributed by atoms with van der Waals surface area (Å²) in [6.45, 7) is 1.63. The molecule has 0 radical (unpaired) electrons. The normalized spacial score (nSPS) is 11.9. The molecular formula is C16H18N2O5. The molecule has 0 fully saturated rings. The van der Waals surface area contributed by atoms with Gasteiger partial charge in [-0.05, 0) is 31.2 Å². The summed E-state index contributed by atoms with van der Waals surface area (Å²) in [5.41, 5.74) is 0.446. The smallest absolute Gasteiger partial charge is 0.293 e. The summed E-state index contributed by atoms with van der Waals surface area (Å²) in [6.07, 6.45) is 2.08. The first kappa shape index (κ1) is 16.7. The van der Waals surface area contributed by atoms with Crippen molar-refractivity contribution >= 4 is 17.2 Å². The van der Waals surface area contributed by atoms with Gasteiger partial charge in [-0.25, -0.2) is 0 Å². The van der Waals surface area contributed by atoms with Crippen LogP contribution in [0.4, 0.5) is 11.4 Å². The number of rotatable bonds is 8. The summed E-state index contributed by atoms with van der Waals surface area (Å²) in [7, 11) is 0. The highest BCUT2D eigenvalue weighted by molar-refractivity contribution is 5.95. The molecule has 0 spiro atoms. The van der Waals surface area contributed by atoms with E-state index < -0.39 is 4.92 Å². The number of nitro groups is 1. The van der Waals surface area contributed by atoms with E-state index in [0.717, 1.165) is 5.76 Å². The second-order valence-electron chi connectivity index (χ2n) is 5.26. The van der Waals surface area contributed by atoms with Gasteiger partial charge in [-0.2, -0.15) is 0 Å². The van der Waals surface area contributed by atoms with Gasteiger partial charge in [-0.15, -0.1) is 0 Å². The third kappa shape index (κ3) is 4.40. The van der Waals surface area contributed by atoms with Crippen LogP contribution in [0.1, 0.15) is 23.0 Å². The van der Waals surface area contributed by atoms with Gasteiger partial charge in [-0.3, -0.25) is 14.9 Å². The Hall–Kier alpha value is -2.67. The monoisotopic (exact) mass is 318 g/mol. The Morgan fingerprint density at radius 2 is 2.22 bits per heavy atom. The lowest BCUT2D eigenvalue weighted by atomic mass is 10.0. The largest absolute Gasteiger partial charge is 0.469 e. The maximum Gasteiger partial charge on any atom is 0.293 e. The van der Waals surface area contributed by atoms with Gasteiger partial charge in [0.05, 0.1) is 11.2 Å². The summed E-state index contributed by atoms with van der Waals surface area (Å²) >= 11 is 0. The van der Waals surface area contributed by atoms with Crippen molar-refractivity contribution in [1.82, 2.24) is 0 Å². The highest BCUT2D eigenvalue weighted by atomic mass is 16.6. The van der Waals surface area contributed by atoms with Gasteiger partial charge in [-0.1, -0.05) is 0 Å². The third-order valence-electron chi connectivity index (χ3n) is 3.51. The first-order valence-corrected chi connectivity index (χ1v) is 7.17.